The Kier molecular flexibility index (Phi) is 3.42. The monoisotopic (exact) mass is 220 g/mol. The average Bonchev–Trinajstić information content (AvgIpc) is 2.10. The summed E-state index contributed by atoms with van der Waals surface area (Å²) in [6.07, 6.45) is 3.61. The van der Waals surface area contributed by atoms with Gasteiger partial charge in [0.15, 0.2) is 5.78 Å². The Labute approximate surface area is 89.1 Å². The lowest BCUT2D eigenvalue weighted by atomic mass is 9.81. The van der Waals surface area contributed by atoms with Gasteiger partial charge in [0.2, 0.25) is 4.33 Å². The van der Waals surface area contributed by atoms with Gasteiger partial charge in [-0.2, -0.15) is 0 Å². The van der Waals surface area contributed by atoms with Crippen LogP contribution in [0.15, 0.2) is 11.1 Å². The largest absolute Gasteiger partial charge is 0.291 e. The number of hydrogen-bond donors (Lipinski definition) is 0. The van der Waals surface area contributed by atoms with Crippen molar-refractivity contribution in [2.75, 3.05) is 0 Å². The molecule has 0 aromatic heterocycles. The third kappa shape index (κ3) is 1.77. The molecule has 3 heteroatoms. The minimum atomic E-state index is -1.19. The molecule has 0 saturated carbocycles. The maximum absolute atomic E-state index is 11.4. The summed E-state index contributed by atoms with van der Waals surface area (Å²) < 4.78 is -1.19. The van der Waals surface area contributed by atoms with Crippen LogP contribution in [0.4, 0.5) is 0 Å². The number of allylic oxidation sites excluding steroid dienone is 2. The molecule has 0 heterocycles. The first-order valence-electron chi connectivity index (χ1n) is 4.70. The number of ketones is 1. The molecule has 0 aromatic carbocycles. The molecule has 13 heavy (non-hydrogen) atoms. The Balaban J connectivity index is 2.86. The summed E-state index contributed by atoms with van der Waals surface area (Å²) in [7, 11) is 0. The van der Waals surface area contributed by atoms with E-state index in [1.54, 1.807) is 0 Å². The van der Waals surface area contributed by atoms with E-state index in [0.29, 0.717) is 0 Å². The molecule has 0 spiro atoms. The van der Waals surface area contributed by atoms with Crippen molar-refractivity contribution in [3.63, 3.8) is 0 Å². The van der Waals surface area contributed by atoms with Crippen molar-refractivity contribution in [3.8, 4) is 0 Å². The molecule has 0 fully saturated rings. The highest BCUT2D eigenvalue weighted by Gasteiger charge is 2.49. The normalized spacial score (nSPS) is 20.5. The third-order valence-corrected chi connectivity index (χ3v) is 3.10. The predicted octanol–water partition coefficient (Wildman–Crippen LogP) is 3.64. The zero-order valence-electron chi connectivity index (χ0n) is 7.99. The SMILES string of the molecule is CCCC1=C(CCC)C(Cl)(Cl)C1=O. The van der Waals surface area contributed by atoms with E-state index in [1.165, 1.54) is 0 Å². The number of Topliss-reactive ketones (excluding diaryl/α,β-unsaturated/α-hetero) is 1. The zero-order chi connectivity index (χ0) is 10.1. The van der Waals surface area contributed by atoms with Crippen LogP contribution in [-0.2, 0) is 4.79 Å². The summed E-state index contributed by atoms with van der Waals surface area (Å²) in [4.78, 5) is 11.4. The molecule has 0 radical (unpaired) electrons. The molecule has 0 unspecified atom stereocenters. The standard InChI is InChI=1S/C10H14Cl2O/c1-3-5-7-8(6-4-2)10(11,12)9(7)13/h3-6H2,1-2H3. The van der Waals surface area contributed by atoms with E-state index in [0.717, 1.165) is 36.8 Å². The van der Waals surface area contributed by atoms with Crippen molar-refractivity contribution in [3.05, 3.63) is 11.1 Å². The molecule has 74 valence electrons. The van der Waals surface area contributed by atoms with Crippen LogP contribution in [0.1, 0.15) is 39.5 Å². The van der Waals surface area contributed by atoms with E-state index in [-0.39, 0.29) is 5.78 Å². The number of hydrogen-bond acceptors (Lipinski definition) is 1. The van der Waals surface area contributed by atoms with Crippen LogP contribution >= 0.6 is 23.2 Å². The van der Waals surface area contributed by atoms with E-state index in [4.69, 9.17) is 23.2 Å². The fourth-order valence-corrected chi connectivity index (χ4v) is 2.31. The van der Waals surface area contributed by atoms with Crippen LogP contribution in [0.2, 0.25) is 0 Å². The smallest absolute Gasteiger partial charge is 0.201 e. The number of alkyl halides is 2. The fourth-order valence-electron chi connectivity index (χ4n) is 1.66. The van der Waals surface area contributed by atoms with E-state index >= 15 is 0 Å². The summed E-state index contributed by atoms with van der Waals surface area (Å²) in [6, 6.07) is 0. The van der Waals surface area contributed by atoms with Crippen LogP contribution in [0.5, 0.6) is 0 Å². The van der Waals surface area contributed by atoms with Crippen molar-refractivity contribution >= 4 is 29.0 Å². The highest BCUT2D eigenvalue weighted by Crippen LogP contribution is 2.47. The second kappa shape index (κ2) is 4.02. The molecule has 0 aromatic rings. The average molecular weight is 221 g/mol. The lowest BCUT2D eigenvalue weighted by molar-refractivity contribution is -0.117. The van der Waals surface area contributed by atoms with Gasteiger partial charge in [-0.3, -0.25) is 4.79 Å². The van der Waals surface area contributed by atoms with Crippen LogP contribution in [0, 0.1) is 0 Å². The van der Waals surface area contributed by atoms with Gasteiger partial charge in [0, 0.05) is 5.57 Å². The molecule has 0 atom stereocenters. The minimum absolute atomic E-state index is 0.0823. The molecular weight excluding hydrogens is 207 g/mol. The summed E-state index contributed by atoms with van der Waals surface area (Å²) >= 11 is 11.8. The van der Waals surface area contributed by atoms with Crippen LogP contribution < -0.4 is 0 Å². The summed E-state index contributed by atoms with van der Waals surface area (Å²) in [5, 5.41) is 0. The van der Waals surface area contributed by atoms with Crippen molar-refractivity contribution < 1.29 is 4.79 Å². The predicted molar refractivity (Wildman–Crippen MR) is 56.3 cm³/mol. The quantitative estimate of drug-likeness (QED) is 0.662. The Morgan fingerprint density at radius 2 is 1.69 bits per heavy atom. The first-order chi connectivity index (χ1) is 6.05. The number of rotatable bonds is 4. The lowest BCUT2D eigenvalue weighted by Gasteiger charge is -2.34. The molecule has 1 nitrogen and oxygen atoms in total. The second-order valence-corrected chi connectivity index (χ2v) is 4.69. The molecule has 1 rings (SSSR count). The van der Waals surface area contributed by atoms with Gasteiger partial charge < -0.3 is 0 Å². The minimum Gasteiger partial charge on any atom is -0.291 e. The molecule has 1 aliphatic rings. The second-order valence-electron chi connectivity index (χ2n) is 3.36. The Morgan fingerprint density at radius 3 is 2.15 bits per heavy atom. The van der Waals surface area contributed by atoms with E-state index in [9.17, 15) is 4.79 Å². The third-order valence-electron chi connectivity index (χ3n) is 2.30. The van der Waals surface area contributed by atoms with Crippen molar-refractivity contribution in [1.82, 2.24) is 0 Å². The number of carbonyl (C=O) groups is 1. The Hall–Kier alpha value is -0.0100. The number of carbonyl (C=O) groups excluding carboxylic acids is 1. The molecular formula is C10H14Cl2O. The van der Waals surface area contributed by atoms with Gasteiger partial charge in [-0.05, 0) is 18.4 Å². The molecule has 0 aliphatic heterocycles. The summed E-state index contributed by atoms with van der Waals surface area (Å²) in [5.41, 5.74) is 1.82. The maximum atomic E-state index is 11.4. The maximum Gasteiger partial charge on any atom is 0.201 e. The van der Waals surface area contributed by atoms with E-state index < -0.39 is 4.33 Å². The molecule has 0 saturated heterocycles. The van der Waals surface area contributed by atoms with E-state index in [1.807, 2.05) is 6.92 Å². The lowest BCUT2D eigenvalue weighted by Crippen LogP contribution is -2.41. The Bertz CT molecular complexity index is 254. The molecule has 1 aliphatic carbocycles. The van der Waals surface area contributed by atoms with Crippen LogP contribution in [0.25, 0.3) is 0 Å². The van der Waals surface area contributed by atoms with Gasteiger partial charge in [0.1, 0.15) is 0 Å². The van der Waals surface area contributed by atoms with Gasteiger partial charge in [-0.25, -0.2) is 0 Å². The van der Waals surface area contributed by atoms with Gasteiger partial charge in [0.25, 0.3) is 0 Å². The van der Waals surface area contributed by atoms with Crippen molar-refractivity contribution in [1.29, 1.82) is 0 Å². The highest BCUT2D eigenvalue weighted by molar-refractivity contribution is 6.64. The Morgan fingerprint density at radius 1 is 1.15 bits per heavy atom. The molecule has 0 N–H and O–H groups in total. The fraction of sp³-hybridized carbons (Fsp3) is 0.700. The van der Waals surface area contributed by atoms with Crippen LogP contribution in [-0.4, -0.2) is 10.1 Å². The van der Waals surface area contributed by atoms with Gasteiger partial charge in [-0.15, -0.1) is 0 Å². The summed E-state index contributed by atoms with van der Waals surface area (Å²) in [6.45, 7) is 4.11. The van der Waals surface area contributed by atoms with Gasteiger partial charge in [0.05, 0.1) is 0 Å². The zero-order valence-corrected chi connectivity index (χ0v) is 9.50. The summed E-state index contributed by atoms with van der Waals surface area (Å²) in [5.74, 6) is -0.0823. The molecule has 0 bridgehead atoms. The molecule has 0 amide bonds. The van der Waals surface area contributed by atoms with Crippen molar-refractivity contribution in [2.24, 2.45) is 0 Å². The van der Waals surface area contributed by atoms with Gasteiger partial charge in [-0.1, -0.05) is 49.9 Å². The van der Waals surface area contributed by atoms with Crippen LogP contribution in [0.3, 0.4) is 0 Å². The van der Waals surface area contributed by atoms with Gasteiger partial charge >= 0.3 is 0 Å². The highest BCUT2D eigenvalue weighted by atomic mass is 35.5. The first-order valence-corrected chi connectivity index (χ1v) is 5.46. The number of halogens is 2. The topological polar surface area (TPSA) is 17.1 Å². The first kappa shape index (κ1) is 11.1. The van der Waals surface area contributed by atoms with E-state index in [2.05, 4.69) is 6.92 Å². The van der Waals surface area contributed by atoms with Crippen molar-refractivity contribution in [2.45, 2.75) is 43.9 Å².